The van der Waals surface area contributed by atoms with E-state index in [1.165, 1.54) is 86.5 Å². The standard InChI is InChI=1S/C30H42O2S2/c1-3-5-7-9-11-13-17-31-29-21-27(25-15-19-33-23-25)28(26-16-20-34-24-26)22-30(29)32-18-14-12-10-8-6-4-2/h15-16,19-24H,3-14,17-18H2,1-2H3. The molecule has 34 heavy (non-hydrogen) atoms. The highest BCUT2D eigenvalue weighted by molar-refractivity contribution is 7.08. The van der Waals surface area contributed by atoms with Gasteiger partial charge in [0, 0.05) is 0 Å². The molecule has 0 amide bonds. The first-order valence-corrected chi connectivity index (χ1v) is 15.2. The Labute approximate surface area is 215 Å². The van der Waals surface area contributed by atoms with Gasteiger partial charge in [-0.15, -0.1) is 0 Å². The third kappa shape index (κ3) is 8.78. The molecular weight excluding hydrogens is 456 g/mol. The Balaban J connectivity index is 1.71. The van der Waals surface area contributed by atoms with Gasteiger partial charge >= 0.3 is 0 Å². The third-order valence-corrected chi connectivity index (χ3v) is 7.63. The molecule has 0 saturated heterocycles. The van der Waals surface area contributed by atoms with E-state index in [0.717, 1.165) is 37.6 Å². The van der Waals surface area contributed by atoms with Gasteiger partial charge < -0.3 is 9.47 Å². The molecule has 0 aliphatic rings. The van der Waals surface area contributed by atoms with Crippen LogP contribution in [-0.4, -0.2) is 13.2 Å². The van der Waals surface area contributed by atoms with Crippen molar-refractivity contribution in [3.63, 3.8) is 0 Å². The Kier molecular flexibility index (Phi) is 12.6. The zero-order valence-corrected chi connectivity index (χ0v) is 22.8. The summed E-state index contributed by atoms with van der Waals surface area (Å²) >= 11 is 3.47. The van der Waals surface area contributed by atoms with Crippen molar-refractivity contribution in [2.45, 2.75) is 90.9 Å². The second kappa shape index (κ2) is 16.0. The number of unbranched alkanes of at least 4 members (excludes halogenated alkanes) is 10. The van der Waals surface area contributed by atoms with E-state index in [0.29, 0.717) is 0 Å². The smallest absolute Gasteiger partial charge is 0.161 e. The molecule has 1 aromatic carbocycles. The molecule has 0 unspecified atom stereocenters. The maximum atomic E-state index is 6.35. The first-order chi connectivity index (χ1) is 16.8. The van der Waals surface area contributed by atoms with E-state index in [-0.39, 0.29) is 0 Å². The molecule has 3 aromatic rings. The van der Waals surface area contributed by atoms with Crippen LogP contribution in [0, 0.1) is 0 Å². The van der Waals surface area contributed by atoms with Crippen LogP contribution in [0.2, 0.25) is 0 Å². The SMILES string of the molecule is CCCCCCCCOc1cc(-c2ccsc2)c(-c2ccsc2)cc1OCCCCCCCC. The van der Waals surface area contributed by atoms with Crippen molar-refractivity contribution >= 4 is 22.7 Å². The zero-order valence-electron chi connectivity index (χ0n) is 21.2. The highest BCUT2D eigenvalue weighted by atomic mass is 32.1. The first kappa shape index (κ1) is 26.8. The van der Waals surface area contributed by atoms with E-state index in [4.69, 9.17) is 9.47 Å². The summed E-state index contributed by atoms with van der Waals surface area (Å²) in [6, 6.07) is 8.82. The lowest BCUT2D eigenvalue weighted by atomic mass is 9.97. The van der Waals surface area contributed by atoms with Gasteiger partial charge in [0.1, 0.15) is 0 Å². The number of rotatable bonds is 18. The molecule has 0 aliphatic carbocycles. The summed E-state index contributed by atoms with van der Waals surface area (Å²) in [5, 5.41) is 8.73. The lowest BCUT2D eigenvalue weighted by Crippen LogP contribution is -2.04. The summed E-state index contributed by atoms with van der Waals surface area (Å²) in [7, 11) is 0. The van der Waals surface area contributed by atoms with Crippen LogP contribution in [0.15, 0.2) is 45.8 Å². The van der Waals surface area contributed by atoms with E-state index in [9.17, 15) is 0 Å². The molecule has 0 saturated carbocycles. The molecule has 0 N–H and O–H groups in total. The molecule has 2 aromatic heterocycles. The minimum absolute atomic E-state index is 0.750. The lowest BCUT2D eigenvalue weighted by Gasteiger charge is -2.17. The number of ether oxygens (including phenoxy) is 2. The summed E-state index contributed by atoms with van der Waals surface area (Å²) in [5.74, 6) is 1.78. The number of hydrogen-bond donors (Lipinski definition) is 0. The minimum atomic E-state index is 0.750. The average molecular weight is 499 g/mol. The fourth-order valence-corrected chi connectivity index (χ4v) is 5.54. The Morgan fingerprint density at radius 1 is 0.559 bits per heavy atom. The zero-order chi connectivity index (χ0) is 23.8. The van der Waals surface area contributed by atoms with Crippen LogP contribution in [0.3, 0.4) is 0 Å². The summed E-state index contributed by atoms with van der Waals surface area (Å²) in [6.45, 7) is 6.03. The molecule has 0 bridgehead atoms. The second-order valence-corrected chi connectivity index (χ2v) is 10.7. The van der Waals surface area contributed by atoms with Gasteiger partial charge in [-0.3, -0.25) is 0 Å². The Bertz CT molecular complexity index is 825. The van der Waals surface area contributed by atoms with Gasteiger partial charge in [-0.25, -0.2) is 0 Å². The fourth-order valence-electron chi connectivity index (χ4n) is 4.23. The van der Waals surface area contributed by atoms with Crippen molar-refractivity contribution in [2.75, 3.05) is 13.2 Å². The Morgan fingerprint density at radius 2 is 0.971 bits per heavy atom. The van der Waals surface area contributed by atoms with Crippen molar-refractivity contribution in [2.24, 2.45) is 0 Å². The van der Waals surface area contributed by atoms with E-state index < -0.39 is 0 Å². The molecule has 0 aliphatic heterocycles. The van der Waals surface area contributed by atoms with E-state index in [1.54, 1.807) is 22.7 Å². The van der Waals surface area contributed by atoms with Crippen LogP contribution >= 0.6 is 22.7 Å². The van der Waals surface area contributed by atoms with Crippen molar-refractivity contribution in [3.05, 3.63) is 45.8 Å². The molecule has 0 atom stereocenters. The maximum absolute atomic E-state index is 6.35. The summed E-state index contributed by atoms with van der Waals surface area (Å²) in [4.78, 5) is 0. The predicted molar refractivity (Wildman–Crippen MR) is 151 cm³/mol. The molecule has 186 valence electrons. The van der Waals surface area contributed by atoms with Crippen molar-refractivity contribution < 1.29 is 9.47 Å². The average Bonchev–Trinajstić information content (AvgIpc) is 3.58. The summed E-state index contributed by atoms with van der Waals surface area (Å²) in [5.41, 5.74) is 4.95. The highest BCUT2D eigenvalue weighted by Gasteiger charge is 2.16. The second-order valence-electron chi connectivity index (χ2n) is 9.10. The molecule has 3 rings (SSSR count). The van der Waals surface area contributed by atoms with Crippen molar-refractivity contribution in [3.8, 4) is 33.8 Å². The Hall–Kier alpha value is -1.78. The summed E-state index contributed by atoms with van der Waals surface area (Å²) < 4.78 is 12.7. The number of hydrogen-bond acceptors (Lipinski definition) is 4. The number of benzene rings is 1. The maximum Gasteiger partial charge on any atom is 0.161 e. The van der Waals surface area contributed by atoms with Gasteiger partial charge in [0.25, 0.3) is 0 Å². The van der Waals surface area contributed by atoms with Gasteiger partial charge in [0.15, 0.2) is 11.5 Å². The monoisotopic (exact) mass is 498 g/mol. The Morgan fingerprint density at radius 3 is 1.35 bits per heavy atom. The van der Waals surface area contributed by atoms with Crippen LogP contribution < -0.4 is 9.47 Å². The quantitative estimate of drug-likeness (QED) is 0.162. The van der Waals surface area contributed by atoms with E-state index in [2.05, 4.69) is 59.6 Å². The third-order valence-electron chi connectivity index (χ3n) is 6.26. The first-order valence-electron chi connectivity index (χ1n) is 13.3. The van der Waals surface area contributed by atoms with E-state index >= 15 is 0 Å². The molecule has 0 spiro atoms. The molecule has 4 heteroatoms. The van der Waals surface area contributed by atoms with Crippen LogP contribution in [0.1, 0.15) is 90.9 Å². The van der Waals surface area contributed by atoms with Crippen LogP contribution in [0.25, 0.3) is 22.3 Å². The van der Waals surface area contributed by atoms with Gasteiger partial charge in [0.2, 0.25) is 0 Å². The molecule has 0 radical (unpaired) electrons. The molecule has 2 heterocycles. The predicted octanol–water partition coefficient (Wildman–Crippen LogP) is 10.6. The van der Waals surface area contributed by atoms with Gasteiger partial charge in [-0.1, -0.05) is 78.1 Å². The normalized spacial score (nSPS) is 11.1. The highest BCUT2D eigenvalue weighted by Crippen LogP contribution is 2.42. The fraction of sp³-hybridized carbons (Fsp3) is 0.533. The van der Waals surface area contributed by atoms with Crippen LogP contribution in [0.4, 0.5) is 0 Å². The van der Waals surface area contributed by atoms with Crippen molar-refractivity contribution in [1.29, 1.82) is 0 Å². The van der Waals surface area contributed by atoms with E-state index in [1.807, 2.05) is 0 Å². The molecule has 2 nitrogen and oxygen atoms in total. The van der Waals surface area contributed by atoms with Crippen molar-refractivity contribution in [1.82, 2.24) is 0 Å². The lowest BCUT2D eigenvalue weighted by molar-refractivity contribution is 0.258. The van der Waals surface area contributed by atoms with Gasteiger partial charge in [-0.2, -0.15) is 22.7 Å². The van der Waals surface area contributed by atoms with Gasteiger partial charge in [0.05, 0.1) is 13.2 Å². The van der Waals surface area contributed by atoms with Gasteiger partial charge in [-0.05, 0) is 80.9 Å². The topological polar surface area (TPSA) is 18.5 Å². The summed E-state index contributed by atoms with van der Waals surface area (Å²) in [6.07, 6.45) is 15.2. The van der Waals surface area contributed by atoms with Crippen LogP contribution in [-0.2, 0) is 0 Å². The largest absolute Gasteiger partial charge is 0.490 e. The molecular formula is C30H42O2S2. The van der Waals surface area contributed by atoms with Crippen LogP contribution in [0.5, 0.6) is 11.5 Å². The minimum Gasteiger partial charge on any atom is -0.490 e. The molecule has 0 fully saturated rings. The number of thiophene rings is 2.